The molecule has 1 rings (SSSR count). The van der Waals surface area contributed by atoms with Crippen LogP contribution in [0.2, 0.25) is 5.02 Å². The quantitative estimate of drug-likeness (QED) is 0.823. The summed E-state index contributed by atoms with van der Waals surface area (Å²) in [5.41, 5.74) is 0.299. The molecule has 1 aromatic carbocycles. The van der Waals surface area contributed by atoms with Gasteiger partial charge in [-0.3, -0.25) is 10.1 Å². The summed E-state index contributed by atoms with van der Waals surface area (Å²) in [4.78, 5) is 22.0. The lowest BCUT2D eigenvalue weighted by molar-refractivity contribution is 0.0636. The van der Waals surface area contributed by atoms with E-state index in [0.29, 0.717) is 17.5 Å². The van der Waals surface area contributed by atoms with E-state index in [-0.39, 0.29) is 5.02 Å². The van der Waals surface area contributed by atoms with Crippen molar-refractivity contribution in [3.05, 3.63) is 28.8 Å². The monoisotopic (exact) mass is 255 g/mol. The van der Waals surface area contributed by atoms with E-state index in [4.69, 9.17) is 16.3 Å². The topological polar surface area (TPSA) is 55.4 Å². The zero-order chi connectivity index (χ0) is 13.1. The van der Waals surface area contributed by atoms with Gasteiger partial charge in [-0.05, 0) is 39.0 Å². The highest BCUT2D eigenvalue weighted by Crippen LogP contribution is 2.20. The van der Waals surface area contributed by atoms with Gasteiger partial charge in [0.05, 0.1) is 5.02 Å². The summed E-state index contributed by atoms with van der Waals surface area (Å²) in [7, 11) is 0. The Kier molecular flexibility index (Phi) is 4.12. The normalized spacial score (nSPS) is 10.8. The van der Waals surface area contributed by atoms with E-state index in [1.54, 1.807) is 26.8 Å². The van der Waals surface area contributed by atoms with Crippen molar-refractivity contribution in [3.8, 4) is 0 Å². The number of hydrogen-bond donors (Lipinski definition) is 1. The Hall–Kier alpha value is -1.55. The van der Waals surface area contributed by atoms with Crippen LogP contribution < -0.4 is 5.32 Å². The molecule has 0 aliphatic carbocycles. The minimum atomic E-state index is -0.563. The molecule has 0 radical (unpaired) electrons. The van der Waals surface area contributed by atoms with Crippen LogP contribution in [0, 0.1) is 0 Å². The fourth-order valence-electron chi connectivity index (χ4n) is 1.12. The van der Waals surface area contributed by atoms with Gasteiger partial charge in [0.1, 0.15) is 5.60 Å². The number of carbonyl (C=O) groups is 2. The van der Waals surface area contributed by atoms with E-state index >= 15 is 0 Å². The Labute approximate surface area is 105 Å². The van der Waals surface area contributed by atoms with Gasteiger partial charge in [-0.1, -0.05) is 11.6 Å². The van der Waals surface area contributed by atoms with Crippen molar-refractivity contribution in [1.29, 1.82) is 0 Å². The van der Waals surface area contributed by atoms with Crippen molar-refractivity contribution in [2.75, 3.05) is 5.32 Å². The smallest absolute Gasteiger partial charge is 0.412 e. The molecule has 4 nitrogen and oxygen atoms in total. The number of anilines is 1. The molecule has 1 N–H and O–H groups in total. The number of ether oxygens (including phenoxy) is 1. The second-order valence-corrected chi connectivity index (χ2v) is 4.89. The molecule has 0 saturated heterocycles. The second kappa shape index (κ2) is 5.19. The van der Waals surface area contributed by atoms with Gasteiger partial charge in [0.2, 0.25) is 0 Å². The van der Waals surface area contributed by atoms with E-state index in [0.717, 1.165) is 0 Å². The van der Waals surface area contributed by atoms with Gasteiger partial charge in [0.25, 0.3) is 0 Å². The van der Waals surface area contributed by atoms with Crippen molar-refractivity contribution in [1.82, 2.24) is 0 Å². The Balaban J connectivity index is 2.73. The predicted molar refractivity (Wildman–Crippen MR) is 66.7 cm³/mol. The summed E-state index contributed by atoms with van der Waals surface area (Å²) in [5, 5.41) is 2.81. The third-order valence-corrected chi connectivity index (χ3v) is 2.10. The van der Waals surface area contributed by atoms with Crippen LogP contribution in [-0.4, -0.2) is 18.0 Å². The van der Waals surface area contributed by atoms with Crippen molar-refractivity contribution >= 4 is 29.7 Å². The van der Waals surface area contributed by atoms with Crippen molar-refractivity contribution in [2.24, 2.45) is 0 Å². The summed E-state index contributed by atoms with van der Waals surface area (Å²) in [6.45, 7) is 5.32. The first-order valence-electron chi connectivity index (χ1n) is 5.06. The maximum Gasteiger partial charge on any atom is 0.412 e. The molecule has 0 heterocycles. The molecule has 0 unspecified atom stereocenters. The number of amides is 1. The van der Waals surface area contributed by atoms with Crippen LogP contribution in [0.25, 0.3) is 0 Å². The zero-order valence-corrected chi connectivity index (χ0v) is 10.7. The molecule has 0 bridgehead atoms. The van der Waals surface area contributed by atoms with Crippen LogP contribution in [0.15, 0.2) is 18.2 Å². The lowest BCUT2D eigenvalue weighted by Crippen LogP contribution is -2.27. The number of benzene rings is 1. The van der Waals surface area contributed by atoms with Crippen LogP contribution in [0.1, 0.15) is 31.1 Å². The summed E-state index contributed by atoms with van der Waals surface area (Å²) < 4.78 is 5.08. The average Bonchev–Trinajstić information content (AvgIpc) is 2.14. The van der Waals surface area contributed by atoms with Crippen molar-refractivity contribution in [3.63, 3.8) is 0 Å². The molecule has 0 spiro atoms. The highest BCUT2D eigenvalue weighted by Gasteiger charge is 2.16. The van der Waals surface area contributed by atoms with Crippen LogP contribution in [-0.2, 0) is 4.74 Å². The molecule has 1 aromatic rings. The Bertz CT molecular complexity index is 438. The number of halogens is 1. The highest BCUT2D eigenvalue weighted by molar-refractivity contribution is 6.33. The maximum atomic E-state index is 11.4. The standard InChI is InChI=1S/C12H14ClNO3/c1-12(2,3)17-11(16)14-9-5-4-8(7-15)10(13)6-9/h4-7H,1-3H3,(H,14,16). The van der Waals surface area contributed by atoms with Crippen molar-refractivity contribution in [2.45, 2.75) is 26.4 Å². The number of rotatable bonds is 2. The van der Waals surface area contributed by atoms with Gasteiger partial charge in [-0.2, -0.15) is 0 Å². The molecule has 92 valence electrons. The molecule has 0 aliphatic rings. The molecule has 0 fully saturated rings. The number of aldehydes is 1. The summed E-state index contributed by atoms with van der Waals surface area (Å²) >= 11 is 5.82. The first kappa shape index (κ1) is 13.5. The van der Waals surface area contributed by atoms with Crippen LogP contribution in [0.5, 0.6) is 0 Å². The molecule has 0 aliphatic heterocycles. The predicted octanol–water partition coefficient (Wildman–Crippen LogP) is 3.50. The highest BCUT2D eigenvalue weighted by atomic mass is 35.5. The summed E-state index contributed by atoms with van der Waals surface area (Å²) in [6, 6.07) is 4.61. The molecule has 1 amide bonds. The number of carbonyl (C=O) groups excluding carboxylic acids is 2. The van der Waals surface area contributed by atoms with Crippen LogP contribution in [0.3, 0.4) is 0 Å². The van der Waals surface area contributed by atoms with E-state index in [9.17, 15) is 9.59 Å². The summed E-state index contributed by atoms with van der Waals surface area (Å²) in [6.07, 6.45) is 0.0898. The molecule has 5 heteroatoms. The van der Waals surface area contributed by atoms with Gasteiger partial charge in [0.15, 0.2) is 6.29 Å². The second-order valence-electron chi connectivity index (χ2n) is 4.48. The Morgan fingerprint density at radius 2 is 2.06 bits per heavy atom. The van der Waals surface area contributed by atoms with E-state index in [2.05, 4.69) is 5.32 Å². The first-order chi connectivity index (χ1) is 7.81. The van der Waals surface area contributed by atoms with Crippen LogP contribution >= 0.6 is 11.6 Å². The van der Waals surface area contributed by atoms with Crippen LogP contribution in [0.4, 0.5) is 10.5 Å². The lowest BCUT2D eigenvalue weighted by atomic mass is 10.2. The summed E-state index contributed by atoms with van der Waals surface area (Å²) in [5.74, 6) is 0. The Morgan fingerprint density at radius 3 is 2.53 bits per heavy atom. The molecule has 0 saturated carbocycles. The van der Waals surface area contributed by atoms with Gasteiger partial charge < -0.3 is 4.74 Å². The minimum Gasteiger partial charge on any atom is -0.444 e. The van der Waals surface area contributed by atoms with E-state index in [1.165, 1.54) is 12.1 Å². The fourth-order valence-corrected chi connectivity index (χ4v) is 1.35. The van der Waals surface area contributed by atoms with Gasteiger partial charge in [-0.15, -0.1) is 0 Å². The largest absolute Gasteiger partial charge is 0.444 e. The van der Waals surface area contributed by atoms with E-state index in [1.807, 2.05) is 0 Å². The number of hydrogen-bond acceptors (Lipinski definition) is 3. The molecular weight excluding hydrogens is 242 g/mol. The fraction of sp³-hybridized carbons (Fsp3) is 0.333. The molecule has 0 atom stereocenters. The lowest BCUT2D eigenvalue weighted by Gasteiger charge is -2.19. The Morgan fingerprint density at radius 1 is 1.41 bits per heavy atom. The molecular formula is C12H14ClNO3. The molecule has 0 aromatic heterocycles. The van der Waals surface area contributed by atoms with Crippen molar-refractivity contribution < 1.29 is 14.3 Å². The SMILES string of the molecule is CC(C)(C)OC(=O)Nc1ccc(C=O)c(Cl)c1. The third-order valence-electron chi connectivity index (χ3n) is 1.77. The van der Waals surface area contributed by atoms with Gasteiger partial charge in [-0.25, -0.2) is 4.79 Å². The minimum absolute atomic E-state index is 0.286. The first-order valence-corrected chi connectivity index (χ1v) is 5.44. The average molecular weight is 256 g/mol. The zero-order valence-electron chi connectivity index (χ0n) is 9.91. The molecule has 17 heavy (non-hydrogen) atoms. The third kappa shape index (κ3) is 4.44. The maximum absolute atomic E-state index is 11.4. The van der Waals surface area contributed by atoms with E-state index < -0.39 is 11.7 Å². The number of nitrogens with one attached hydrogen (secondary N) is 1. The van der Waals surface area contributed by atoms with Gasteiger partial charge >= 0.3 is 6.09 Å². The van der Waals surface area contributed by atoms with Gasteiger partial charge in [0, 0.05) is 11.3 Å².